The van der Waals surface area contributed by atoms with Crippen molar-refractivity contribution in [3.05, 3.63) is 21.1 Å². The molecule has 1 aromatic heterocycles. The maximum Gasteiger partial charge on any atom is 0.349 e. The van der Waals surface area contributed by atoms with Crippen molar-refractivity contribution >= 4 is 22.0 Å². The van der Waals surface area contributed by atoms with Crippen LogP contribution in [0.4, 0.5) is 10.7 Å². The molecule has 0 saturated carbocycles. The van der Waals surface area contributed by atoms with Crippen LogP contribution in [0.15, 0.2) is 6.07 Å². The molecule has 0 aliphatic carbocycles. The molecule has 0 aliphatic rings. The number of hydrazine groups is 1. The third-order valence-corrected chi connectivity index (χ3v) is 2.14. The van der Waals surface area contributed by atoms with Crippen LogP contribution >= 0.6 is 11.3 Å². The Morgan fingerprint density at radius 3 is 2.83 bits per heavy atom. The number of nitrogens with one attached hydrogen (secondary N) is 1. The molecule has 0 spiro atoms. The Morgan fingerprint density at radius 1 is 1.83 bits per heavy atom. The second kappa shape index (κ2) is 3.17. The summed E-state index contributed by atoms with van der Waals surface area (Å²) in [5, 5.41) is 18.6. The maximum absolute atomic E-state index is 10.3. The van der Waals surface area contributed by atoms with Crippen molar-refractivity contribution in [3.8, 4) is 6.07 Å². The zero-order valence-corrected chi connectivity index (χ0v) is 6.59. The van der Waals surface area contributed by atoms with Crippen molar-refractivity contribution in [3.63, 3.8) is 0 Å². The fourth-order valence-corrected chi connectivity index (χ4v) is 1.41. The van der Waals surface area contributed by atoms with Gasteiger partial charge in [0.25, 0.3) is 0 Å². The first-order chi connectivity index (χ1) is 5.69. The number of nitrogens with zero attached hydrogens (tertiary/aromatic N) is 2. The summed E-state index contributed by atoms with van der Waals surface area (Å²) in [5.41, 5.74) is 2.32. The van der Waals surface area contributed by atoms with Crippen molar-refractivity contribution in [2.75, 3.05) is 5.43 Å². The number of nitro groups is 1. The number of thiophene rings is 1. The second-order valence-corrected chi connectivity index (χ2v) is 2.87. The first kappa shape index (κ1) is 8.45. The molecule has 0 radical (unpaired) electrons. The average Bonchev–Trinajstić information content (AvgIpc) is 2.47. The van der Waals surface area contributed by atoms with Gasteiger partial charge in [0, 0.05) is 0 Å². The first-order valence-corrected chi connectivity index (χ1v) is 3.65. The van der Waals surface area contributed by atoms with E-state index in [4.69, 9.17) is 11.1 Å². The summed E-state index contributed by atoms with van der Waals surface area (Å²) in [6.07, 6.45) is 0. The van der Waals surface area contributed by atoms with Gasteiger partial charge in [-0.15, -0.1) is 0 Å². The third kappa shape index (κ3) is 1.34. The van der Waals surface area contributed by atoms with Gasteiger partial charge in [-0.05, 0) is 17.4 Å². The lowest BCUT2D eigenvalue weighted by Crippen LogP contribution is -2.06. The average molecular weight is 184 g/mol. The topological polar surface area (TPSA) is 105 Å². The fraction of sp³-hybridized carbons (Fsp3) is 0. The predicted octanol–water partition coefficient (Wildman–Crippen LogP) is 0.814. The van der Waals surface area contributed by atoms with E-state index in [0.29, 0.717) is 0 Å². The van der Waals surface area contributed by atoms with Gasteiger partial charge in [-0.25, -0.2) is 0 Å². The molecule has 1 rings (SSSR count). The van der Waals surface area contributed by atoms with E-state index in [0.717, 1.165) is 11.3 Å². The molecular formula is C5H4N4O2S. The molecule has 1 aromatic rings. The Bertz CT molecular complexity index is 353. The van der Waals surface area contributed by atoms with Crippen LogP contribution in [-0.4, -0.2) is 4.92 Å². The predicted molar refractivity (Wildman–Crippen MR) is 43.5 cm³/mol. The smallest absolute Gasteiger partial charge is 0.317 e. The highest BCUT2D eigenvalue weighted by atomic mass is 32.1. The molecule has 62 valence electrons. The summed E-state index contributed by atoms with van der Waals surface area (Å²) in [5.74, 6) is 5.00. The molecule has 1 heterocycles. The number of nitriles is 1. The number of anilines is 1. The van der Waals surface area contributed by atoms with Crippen LogP contribution in [0.3, 0.4) is 0 Å². The highest BCUT2D eigenvalue weighted by Crippen LogP contribution is 2.33. The minimum absolute atomic E-state index is 0.144. The maximum atomic E-state index is 10.3. The Morgan fingerprint density at radius 2 is 2.50 bits per heavy atom. The van der Waals surface area contributed by atoms with Crippen LogP contribution in [0.1, 0.15) is 4.88 Å². The molecule has 0 atom stereocenters. The lowest BCUT2D eigenvalue weighted by Gasteiger charge is -1.91. The lowest BCUT2D eigenvalue weighted by molar-refractivity contribution is -0.379. The highest BCUT2D eigenvalue weighted by molar-refractivity contribution is 7.16. The lowest BCUT2D eigenvalue weighted by atomic mass is 10.4. The zero-order chi connectivity index (χ0) is 9.14. The largest absolute Gasteiger partial charge is 0.349 e. The van der Waals surface area contributed by atoms with Crippen molar-refractivity contribution in [2.24, 2.45) is 5.84 Å². The fourth-order valence-electron chi connectivity index (χ4n) is 0.676. The zero-order valence-electron chi connectivity index (χ0n) is 5.77. The molecule has 0 fully saturated rings. The van der Waals surface area contributed by atoms with Crippen LogP contribution in [0.25, 0.3) is 0 Å². The molecular weight excluding hydrogens is 180 g/mol. The molecule has 0 aliphatic heterocycles. The van der Waals surface area contributed by atoms with E-state index in [1.807, 2.05) is 0 Å². The van der Waals surface area contributed by atoms with Gasteiger partial charge in [0.05, 0.1) is 4.92 Å². The van der Waals surface area contributed by atoms with Crippen LogP contribution in [0.5, 0.6) is 0 Å². The van der Waals surface area contributed by atoms with E-state index < -0.39 is 4.92 Å². The Hall–Kier alpha value is -1.65. The summed E-state index contributed by atoms with van der Waals surface area (Å²) in [6.45, 7) is 0. The van der Waals surface area contributed by atoms with Crippen molar-refractivity contribution in [2.45, 2.75) is 0 Å². The van der Waals surface area contributed by atoms with E-state index in [1.165, 1.54) is 6.07 Å². The van der Waals surface area contributed by atoms with E-state index in [2.05, 4.69) is 5.43 Å². The van der Waals surface area contributed by atoms with Gasteiger partial charge in [0.15, 0.2) is 0 Å². The van der Waals surface area contributed by atoms with Crippen LogP contribution in [-0.2, 0) is 0 Å². The normalized spacial score (nSPS) is 9.00. The van der Waals surface area contributed by atoms with E-state index in [1.54, 1.807) is 6.07 Å². The van der Waals surface area contributed by atoms with Crippen LogP contribution < -0.4 is 11.3 Å². The van der Waals surface area contributed by atoms with Crippen molar-refractivity contribution < 1.29 is 4.92 Å². The molecule has 0 saturated heterocycles. The van der Waals surface area contributed by atoms with Crippen molar-refractivity contribution in [1.82, 2.24) is 0 Å². The number of hydrogen-bond donors (Lipinski definition) is 2. The van der Waals surface area contributed by atoms with E-state index in [9.17, 15) is 10.1 Å². The Balaban J connectivity index is 3.19. The number of nitrogen functional groups attached to an aromatic ring is 1. The third-order valence-electron chi connectivity index (χ3n) is 1.14. The molecule has 12 heavy (non-hydrogen) atoms. The standard InChI is InChI=1S/C5H4N4O2S/c6-2-3-1-4(8-7)5(12-3)9(10)11/h1,8H,7H2. The molecule has 3 N–H and O–H groups in total. The number of nitrogens with two attached hydrogens (primary N) is 1. The van der Waals surface area contributed by atoms with Gasteiger partial charge in [0.2, 0.25) is 0 Å². The summed E-state index contributed by atoms with van der Waals surface area (Å²) < 4.78 is 0. The number of hydrogen-bond acceptors (Lipinski definition) is 6. The van der Waals surface area contributed by atoms with Gasteiger partial charge < -0.3 is 5.43 Å². The minimum Gasteiger partial charge on any atom is -0.317 e. The minimum atomic E-state index is -0.583. The summed E-state index contributed by atoms with van der Waals surface area (Å²) >= 11 is 0.789. The molecule has 0 bridgehead atoms. The molecule has 6 nitrogen and oxygen atoms in total. The molecule has 0 aromatic carbocycles. The van der Waals surface area contributed by atoms with Gasteiger partial charge in [-0.3, -0.25) is 16.0 Å². The van der Waals surface area contributed by atoms with Gasteiger partial charge in [-0.1, -0.05) is 0 Å². The Kier molecular flexibility index (Phi) is 2.23. The first-order valence-electron chi connectivity index (χ1n) is 2.84. The van der Waals surface area contributed by atoms with Crippen LogP contribution in [0.2, 0.25) is 0 Å². The second-order valence-electron chi connectivity index (χ2n) is 1.84. The SMILES string of the molecule is N#Cc1cc(NN)c([N+](=O)[O-])s1. The van der Waals surface area contributed by atoms with Gasteiger partial charge in [0.1, 0.15) is 16.6 Å². The van der Waals surface area contributed by atoms with Gasteiger partial charge >= 0.3 is 5.00 Å². The molecule has 0 unspecified atom stereocenters. The summed E-state index contributed by atoms with van der Waals surface area (Å²) in [4.78, 5) is 10.00. The van der Waals surface area contributed by atoms with E-state index in [-0.39, 0.29) is 15.6 Å². The monoisotopic (exact) mass is 184 g/mol. The van der Waals surface area contributed by atoms with Crippen LogP contribution in [0, 0.1) is 21.4 Å². The summed E-state index contributed by atoms with van der Waals surface area (Å²) in [7, 11) is 0. The van der Waals surface area contributed by atoms with E-state index >= 15 is 0 Å². The van der Waals surface area contributed by atoms with Gasteiger partial charge in [-0.2, -0.15) is 5.26 Å². The Labute approximate surface area is 71.3 Å². The quantitative estimate of drug-likeness (QED) is 0.402. The highest BCUT2D eigenvalue weighted by Gasteiger charge is 2.17. The summed E-state index contributed by atoms with van der Waals surface area (Å²) in [6, 6.07) is 3.13. The number of rotatable bonds is 2. The molecule has 0 amide bonds. The molecule has 7 heteroatoms. The van der Waals surface area contributed by atoms with Crippen molar-refractivity contribution in [1.29, 1.82) is 5.26 Å².